The van der Waals surface area contributed by atoms with Gasteiger partial charge in [0.1, 0.15) is 0 Å². The lowest BCUT2D eigenvalue weighted by Crippen LogP contribution is -2.10. The Morgan fingerprint density at radius 2 is 1.52 bits per heavy atom. The standard InChI is InChI=1S/C18H25ClO4/c1-2-3-4-13-22-17(20)6-5-7-18(21)23-14-12-15-8-10-16(19)11-9-15/h8-11H,2-7,12-14H2,1H3. The summed E-state index contributed by atoms with van der Waals surface area (Å²) in [6, 6.07) is 7.44. The van der Waals surface area contributed by atoms with Gasteiger partial charge in [-0.05, 0) is 30.5 Å². The van der Waals surface area contributed by atoms with E-state index in [2.05, 4.69) is 6.92 Å². The molecule has 0 saturated heterocycles. The first-order valence-corrected chi connectivity index (χ1v) is 8.55. The van der Waals surface area contributed by atoms with Crippen LogP contribution in [0.2, 0.25) is 5.02 Å². The van der Waals surface area contributed by atoms with E-state index in [0.717, 1.165) is 24.8 Å². The van der Waals surface area contributed by atoms with Crippen molar-refractivity contribution in [2.75, 3.05) is 13.2 Å². The van der Waals surface area contributed by atoms with Gasteiger partial charge in [0.25, 0.3) is 0 Å². The van der Waals surface area contributed by atoms with Gasteiger partial charge in [-0.3, -0.25) is 9.59 Å². The summed E-state index contributed by atoms with van der Waals surface area (Å²) in [5.41, 5.74) is 1.07. The number of unbranched alkanes of at least 4 members (excludes halogenated alkanes) is 2. The Hall–Kier alpha value is -1.55. The van der Waals surface area contributed by atoms with Crippen LogP contribution in [0.15, 0.2) is 24.3 Å². The number of carbonyl (C=O) groups excluding carboxylic acids is 2. The summed E-state index contributed by atoms with van der Waals surface area (Å²) in [7, 11) is 0. The van der Waals surface area contributed by atoms with Gasteiger partial charge in [-0.25, -0.2) is 0 Å². The van der Waals surface area contributed by atoms with Crippen LogP contribution in [0.1, 0.15) is 51.0 Å². The van der Waals surface area contributed by atoms with E-state index in [4.69, 9.17) is 21.1 Å². The lowest BCUT2D eigenvalue weighted by molar-refractivity contribution is -0.145. The van der Waals surface area contributed by atoms with Crippen molar-refractivity contribution in [2.24, 2.45) is 0 Å². The number of ether oxygens (including phenoxy) is 2. The molecule has 0 unspecified atom stereocenters. The highest BCUT2D eigenvalue weighted by atomic mass is 35.5. The molecule has 0 saturated carbocycles. The Balaban J connectivity index is 2.03. The molecule has 0 aliphatic rings. The highest BCUT2D eigenvalue weighted by Gasteiger charge is 2.07. The maximum atomic E-state index is 11.6. The van der Waals surface area contributed by atoms with Gasteiger partial charge in [-0.1, -0.05) is 43.5 Å². The molecule has 0 N–H and O–H groups in total. The van der Waals surface area contributed by atoms with Crippen molar-refractivity contribution in [1.82, 2.24) is 0 Å². The minimum Gasteiger partial charge on any atom is -0.466 e. The molecule has 0 fully saturated rings. The van der Waals surface area contributed by atoms with Gasteiger partial charge in [0.15, 0.2) is 0 Å². The molecule has 0 heterocycles. The SMILES string of the molecule is CCCCCOC(=O)CCCC(=O)OCCc1ccc(Cl)cc1. The highest BCUT2D eigenvalue weighted by Crippen LogP contribution is 2.10. The Morgan fingerprint density at radius 3 is 2.13 bits per heavy atom. The minimum atomic E-state index is -0.280. The third-order valence-electron chi connectivity index (χ3n) is 3.34. The fourth-order valence-electron chi connectivity index (χ4n) is 1.99. The van der Waals surface area contributed by atoms with Gasteiger partial charge in [-0.15, -0.1) is 0 Å². The smallest absolute Gasteiger partial charge is 0.305 e. The third-order valence-corrected chi connectivity index (χ3v) is 3.59. The minimum absolute atomic E-state index is 0.241. The van der Waals surface area contributed by atoms with Gasteiger partial charge in [0.05, 0.1) is 13.2 Å². The second-order valence-electron chi connectivity index (χ2n) is 5.38. The first-order valence-electron chi connectivity index (χ1n) is 8.17. The van der Waals surface area contributed by atoms with E-state index in [1.54, 1.807) is 0 Å². The van der Waals surface area contributed by atoms with Crippen molar-refractivity contribution in [2.45, 2.75) is 51.9 Å². The Kier molecular flexibility index (Phi) is 10.1. The molecule has 1 aromatic rings. The van der Waals surface area contributed by atoms with Crippen LogP contribution in [0, 0.1) is 0 Å². The van der Waals surface area contributed by atoms with E-state index in [1.165, 1.54) is 0 Å². The quantitative estimate of drug-likeness (QED) is 0.444. The van der Waals surface area contributed by atoms with Gasteiger partial charge < -0.3 is 9.47 Å². The van der Waals surface area contributed by atoms with Gasteiger partial charge >= 0.3 is 11.9 Å². The predicted octanol–water partition coefficient (Wildman–Crippen LogP) is 4.33. The van der Waals surface area contributed by atoms with Crippen molar-refractivity contribution < 1.29 is 19.1 Å². The molecule has 1 aromatic carbocycles. The number of hydrogen-bond donors (Lipinski definition) is 0. The van der Waals surface area contributed by atoms with Crippen LogP contribution in [0.25, 0.3) is 0 Å². The summed E-state index contributed by atoms with van der Waals surface area (Å²) < 4.78 is 10.2. The number of benzene rings is 1. The van der Waals surface area contributed by atoms with Crippen LogP contribution in [-0.2, 0) is 25.5 Å². The number of esters is 2. The Morgan fingerprint density at radius 1 is 0.913 bits per heavy atom. The summed E-state index contributed by atoms with van der Waals surface area (Å²) >= 11 is 5.80. The first kappa shape index (κ1) is 19.5. The van der Waals surface area contributed by atoms with Crippen LogP contribution in [0.3, 0.4) is 0 Å². The second-order valence-corrected chi connectivity index (χ2v) is 5.81. The lowest BCUT2D eigenvalue weighted by atomic mass is 10.2. The number of hydrogen-bond acceptors (Lipinski definition) is 4. The summed E-state index contributed by atoms with van der Waals surface area (Å²) in [4.78, 5) is 23.0. The molecule has 128 valence electrons. The molecule has 23 heavy (non-hydrogen) atoms. The fourth-order valence-corrected chi connectivity index (χ4v) is 2.12. The second kappa shape index (κ2) is 11.9. The molecule has 0 atom stereocenters. The molecule has 0 aromatic heterocycles. The molecule has 4 nitrogen and oxygen atoms in total. The van der Waals surface area contributed by atoms with Crippen molar-refractivity contribution in [1.29, 1.82) is 0 Å². The van der Waals surface area contributed by atoms with Crippen LogP contribution >= 0.6 is 11.6 Å². The average Bonchev–Trinajstić information content (AvgIpc) is 2.53. The molecule has 0 spiro atoms. The zero-order valence-electron chi connectivity index (χ0n) is 13.7. The van der Waals surface area contributed by atoms with Gasteiger partial charge in [0, 0.05) is 24.3 Å². The van der Waals surface area contributed by atoms with E-state index >= 15 is 0 Å². The number of halogens is 1. The molecule has 0 aliphatic heterocycles. The largest absolute Gasteiger partial charge is 0.466 e. The Bertz CT molecular complexity index is 470. The normalized spacial score (nSPS) is 10.3. The highest BCUT2D eigenvalue weighted by molar-refractivity contribution is 6.30. The third kappa shape index (κ3) is 9.95. The molecule has 1 rings (SSSR count). The van der Waals surface area contributed by atoms with Crippen LogP contribution in [0.5, 0.6) is 0 Å². The van der Waals surface area contributed by atoms with Gasteiger partial charge in [-0.2, -0.15) is 0 Å². The van der Waals surface area contributed by atoms with Crippen molar-refractivity contribution >= 4 is 23.5 Å². The summed E-state index contributed by atoms with van der Waals surface area (Å²) in [5.74, 6) is -0.521. The van der Waals surface area contributed by atoms with Crippen LogP contribution in [-0.4, -0.2) is 25.2 Å². The topological polar surface area (TPSA) is 52.6 Å². The summed E-state index contributed by atoms with van der Waals surface area (Å²) in [6.45, 7) is 2.90. The maximum absolute atomic E-state index is 11.6. The van der Waals surface area contributed by atoms with E-state index in [-0.39, 0.29) is 24.8 Å². The van der Waals surface area contributed by atoms with Crippen molar-refractivity contribution in [3.05, 3.63) is 34.9 Å². The van der Waals surface area contributed by atoms with E-state index in [9.17, 15) is 9.59 Å². The van der Waals surface area contributed by atoms with Gasteiger partial charge in [0.2, 0.25) is 0 Å². The molecule has 5 heteroatoms. The van der Waals surface area contributed by atoms with E-state index < -0.39 is 0 Å². The maximum Gasteiger partial charge on any atom is 0.305 e. The predicted molar refractivity (Wildman–Crippen MR) is 90.5 cm³/mol. The van der Waals surface area contributed by atoms with Crippen molar-refractivity contribution in [3.8, 4) is 0 Å². The zero-order chi connectivity index (χ0) is 16.9. The summed E-state index contributed by atoms with van der Waals surface area (Å²) in [6.07, 6.45) is 4.68. The summed E-state index contributed by atoms with van der Waals surface area (Å²) in [5, 5.41) is 0.687. The number of rotatable bonds is 11. The first-order chi connectivity index (χ1) is 11.1. The Labute approximate surface area is 143 Å². The zero-order valence-corrected chi connectivity index (χ0v) is 14.4. The van der Waals surface area contributed by atoms with Crippen LogP contribution < -0.4 is 0 Å². The van der Waals surface area contributed by atoms with E-state index in [0.29, 0.717) is 31.1 Å². The van der Waals surface area contributed by atoms with Crippen LogP contribution in [0.4, 0.5) is 0 Å². The molecule has 0 amide bonds. The fraction of sp³-hybridized carbons (Fsp3) is 0.556. The molecular formula is C18H25ClO4. The van der Waals surface area contributed by atoms with Crippen molar-refractivity contribution in [3.63, 3.8) is 0 Å². The average molecular weight is 341 g/mol. The lowest BCUT2D eigenvalue weighted by Gasteiger charge is -2.06. The molecule has 0 radical (unpaired) electrons. The monoisotopic (exact) mass is 340 g/mol. The molecule has 0 aliphatic carbocycles. The van der Waals surface area contributed by atoms with E-state index in [1.807, 2.05) is 24.3 Å². The number of carbonyl (C=O) groups is 2. The molecular weight excluding hydrogens is 316 g/mol. The molecule has 0 bridgehead atoms.